The first-order chi connectivity index (χ1) is 6.27. The van der Waals surface area contributed by atoms with E-state index in [1.165, 1.54) is 12.5 Å². The van der Waals surface area contributed by atoms with Crippen LogP contribution in [-0.2, 0) is 0 Å². The van der Waals surface area contributed by atoms with Crippen LogP contribution in [0, 0.1) is 6.92 Å². The van der Waals surface area contributed by atoms with Crippen molar-refractivity contribution >= 4 is 0 Å². The minimum Gasteiger partial charge on any atom is -0.462 e. The van der Waals surface area contributed by atoms with Crippen molar-refractivity contribution in [2.45, 2.75) is 0 Å². The van der Waals surface area contributed by atoms with E-state index in [4.69, 9.17) is 9.47 Å². The molecule has 2 heteroatoms. The van der Waals surface area contributed by atoms with Gasteiger partial charge in [-0.3, -0.25) is 0 Å². The third-order valence-electron chi connectivity index (χ3n) is 1.43. The van der Waals surface area contributed by atoms with Crippen molar-refractivity contribution in [1.29, 1.82) is 0 Å². The van der Waals surface area contributed by atoms with Crippen molar-refractivity contribution in [1.82, 2.24) is 0 Å². The van der Waals surface area contributed by atoms with Gasteiger partial charge in [0.2, 0.25) is 0 Å². The summed E-state index contributed by atoms with van der Waals surface area (Å²) >= 11 is 0. The van der Waals surface area contributed by atoms with E-state index >= 15 is 0 Å². The molecule has 0 spiro atoms. The van der Waals surface area contributed by atoms with Gasteiger partial charge in [0, 0.05) is 0 Å². The van der Waals surface area contributed by atoms with Gasteiger partial charge in [0.15, 0.2) is 11.5 Å². The zero-order valence-electron chi connectivity index (χ0n) is 7.32. The number of rotatable bonds is 4. The molecule has 13 heavy (non-hydrogen) atoms. The molecule has 0 aliphatic rings. The molecule has 1 radical (unpaired) electrons. The van der Waals surface area contributed by atoms with Gasteiger partial charge in [-0.15, -0.1) is 0 Å². The molecule has 0 bridgehead atoms. The fourth-order valence-corrected chi connectivity index (χ4v) is 0.922. The maximum Gasteiger partial charge on any atom is 0.169 e. The monoisotopic (exact) mass is 175 g/mol. The van der Waals surface area contributed by atoms with Crippen molar-refractivity contribution in [3.05, 3.63) is 56.4 Å². The highest BCUT2D eigenvalue weighted by atomic mass is 16.5. The van der Waals surface area contributed by atoms with E-state index < -0.39 is 0 Å². The van der Waals surface area contributed by atoms with Crippen molar-refractivity contribution < 1.29 is 9.47 Å². The second-order valence-electron chi connectivity index (χ2n) is 2.35. The number of ether oxygens (including phenoxy) is 2. The molecule has 0 N–H and O–H groups in total. The molecule has 0 heterocycles. The number of hydrogen-bond acceptors (Lipinski definition) is 2. The summed E-state index contributed by atoms with van der Waals surface area (Å²) in [5.74, 6) is 1.18. The van der Waals surface area contributed by atoms with Crippen LogP contribution < -0.4 is 9.47 Å². The molecule has 0 aromatic heterocycles. The van der Waals surface area contributed by atoms with E-state index in [1.807, 2.05) is 6.07 Å². The van der Waals surface area contributed by atoms with Gasteiger partial charge in [0.1, 0.15) is 0 Å². The summed E-state index contributed by atoms with van der Waals surface area (Å²) < 4.78 is 10.2. The number of hydrogen-bond donors (Lipinski definition) is 0. The first-order valence-electron chi connectivity index (χ1n) is 3.79. The van der Waals surface area contributed by atoms with Crippen LogP contribution in [0.5, 0.6) is 11.5 Å². The van der Waals surface area contributed by atoms with Gasteiger partial charge < -0.3 is 9.47 Å². The topological polar surface area (TPSA) is 18.5 Å². The van der Waals surface area contributed by atoms with Crippen molar-refractivity contribution in [3.8, 4) is 11.5 Å². The first-order valence-corrected chi connectivity index (χ1v) is 3.79. The first kappa shape index (κ1) is 9.39. The van der Waals surface area contributed by atoms with E-state index in [9.17, 15) is 0 Å². The van der Waals surface area contributed by atoms with Gasteiger partial charge in [-0.1, -0.05) is 19.2 Å². The highest BCUT2D eigenvalue weighted by Gasteiger charge is 2.02. The molecular formula is C11H11O2. The quantitative estimate of drug-likeness (QED) is 0.655. The Kier molecular flexibility index (Phi) is 3.15. The molecule has 67 valence electrons. The van der Waals surface area contributed by atoms with Gasteiger partial charge in [0.05, 0.1) is 12.5 Å². The SMILES string of the molecule is [CH2]c1ccc(OC=C)c(OC=C)c1. The molecule has 2 nitrogen and oxygen atoms in total. The highest BCUT2D eigenvalue weighted by Crippen LogP contribution is 2.28. The minimum atomic E-state index is 0.586. The maximum atomic E-state index is 5.12. The smallest absolute Gasteiger partial charge is 0.169 e. The van der Waals surface area contributed by atoms with E-state index in [1.54, 1.807) is 12.1 Å². The Balaban J connectivity index is 3.01. The lowest BCUT2D eigenvalue weighted by atomic mass is 10.2. The molecule has 0 saturated carbocycles. The van der Waals surface area contributed by atoms with Gasteiger partial charge in [-0.25, -0.2) is 0 Å². The molecular weight excluding hydrogens is 164 g/mol. The van der Waals surface area contributed by atoms with Gasteiger partial charge in [-0.05, 0) is 24.6 Å². The number of benzene rings is 1. The Hall–Kier alpha value is -1.70. The molecule has 0 aliphatic carbocycles. The Bertz CT molecular complexity index is 316. The predicted octanol–water partition coefficient (Wildman–Crippen LogP) is 2.91. The van der Waals surface area contributed by atoms with Crippen LogP contribution in [0.1, 0.15) is 5.56 Å². The Morgan fingerprint density at radius 1 is 1.00 bits per heavy atom. The van der Waals surface area contributed by atoms with Gasteiger partial charge in [0.25, 0.3) is 0 Å². The van der Waals surface area contributed by atoms with Crippen LogP contribution >= 0.6 is 0 Å². The Morgan fingerprint density at radius 2 is 1.62 bits per heavy atom. The predicted molar refractivity (Wildman–Crippen MR) is 52.6 cm³/mol. The van der Waals surface area contributed by atoms with Crippen LogP contribution in [0.4, 0.5) is 0 Å². The lowest BCUT2D eigenvalue weighted by Crippen LogP contribution is -1.88. The Labute approximate surface area is 78.1 Å². The summed E-state index contributed by atoms with van der Waals surface area (Å²) in [6.45, 7) is 10.7. The van der Waals surface area contributed by atoms with E-state index in [-0.39, 0.29) is 0 Å². The summed E-state index contributed by atoms with van der Waals surface area (Å²) in [6, 6.07) is 5.36. The summed E-state index contributed by atoms with van der Waals surface area (Å²) in [6.07, 6.45) is 2.68. The van der Waals surface area contributed by atoms with E-state index in [0.29, 0.717) is 11.5 Å². The molecule has 1 aromatic rings. The second-order valence-corrected chi connectivity index (χ2v) is 2.35. The molecule has 0 fully saturated rings. The molecule has 0 atom stereocenters. The van der Waals surface area contributed by atoms with Crippen LogP contribution in [0.3, 0.4) is 0 Å². The fraction of sp³-hybridized carbons (Fsp3) is 0. The van der Waals surface area contributed by atoms with Gasteiger partial charge in [-0.2, -0.15) is 0 Å². The zero-order valence-corrected chi connectivity index (χ0v) is 7.32. The molecule has 0 unspecified atom stereocenters. The summed E-state index contributed by atoms with van der Waals surface area (Å²) in [4.78, 5) is 0. The third kappa shape index (κ3) is 2.37. The summed E-state index contributed by atoms with van der Waals surface area (Å²) in [5, 5.41) is 0. The molecule has 1 aromatic carbocycles. The summed E-state index contributed by atoms with van der Waals surface area (Å²) in [5.41, 5.74) is 0.855. The molecule has 1 rings (SSSR count). The van der Waals surface area contributed by atoms with Crippen LogP contribution in [0.2, 0.25) is 0 Å². The highest BCUT2D eigenvalue weighted by molar-refractivity contribution is 5.44. The van der Waals surface area contributed by atoms with Gasteiger partial charge >= 0.3 is 0 Å². The van der Waals surface area contributed by atoms with E-state index in [2.05, 4.69) is 20.1 Å². The Morgan fingerprint density at radius 3 is 2.23 bits per heavy atom. The normalized spacial score (nSPS) is 9.00. The van der Waals surface area contributed by atoms with E-state index in [0.717, 1.165) is 5.56 Å². The standard InChI is InChI=1S/C11H11O2/c1-4-12-10-7-6-9(3)8-11(10)13-5-2/h4-8H,1-3H2. The molecule has 0 amide bonds. The molecule has 0 aliphatic heterocycles. The average Bonchev–Trinajstić information content (AvgIpc) is 2.10. The second kappa shape index (κ2) is 4.36. The van der Waals surface area contributed by atoms with Crippen LogP contribution in [0.15, 0.2) is 43.9 Å². The molecule has 0 saturated heterocycles. The van der Waals surface area contributed by atoms with Crippen LogP contribution in [-0.4, -0.2) is 0 Å². The average molecular weight is 175 g/mol. The maximum absolute atomic E-state index is 5.12. The minimum absolute atomic E-state index is 0.586. The fourth-order valence-electron chi connectivity index (χ4n) is 0.922. The zero-order chi connectivity index (χ0) is 9.68. The van der Waals surface area contributed by atoms with Crippen molar-refractivity contribution in [2.24, 2.45) is 0 Å². The lowest BCUT2D eigenvalue weighted by Gasteiger charge is -2.07. The lowest BCUT2D eigenvalue weighted by molar-refractivity contribution is 0.418. The van der Waals surface area contributed by atoms with Crippen molar-refractivity contribution in [3.63, 3.8) is 0 Å². The summed E-state index contributed by atoms with van der Waals surface area (Å²) in [7, 11) is 0. The van der Waals surface area contributed by atoms with Crippen LogP contribution in [0.25, 0.3) is 0 Å². The van der Waals surface area contributed by atoms with Crippen molar-refractivity contribution in [2.75, 3.05) is 0 Å². The third-order valence-corrected chi connectivity index (χ3v) is 1.43. The largest absolute Gasteiger partial charge is 0.462 e.